The summed E-state index contributed by atoms with van der Waals surface area (Å²) >= 11 is 0. The molecular formula is C23H13F6NO4S. The van der Waals surface area contributed by atoms with Crippen LogP contribution >= 0.6 is 0 Å². The molecular weight excluding hydrogens is 500 g/mol. The van der Waals surface area contributed by atoms with Gasteiger partial charge >= 0.3 is 18.0 Å². The summed E-state index contributed by atoms with van der Waals surface area (Å²) in [6.45, 7) is 0. The van der Waals surface area contributed by atoms with Gasteiger partial charge in [0, 0.05) is 10.9 Å². The molecule has 0 aliphatic rings. The minimum Gasteiger partial charge on any atom is -0.421 e. The first-order chi connectivity index (χ1) is 16.3. The monoisotopic (exact) mass is 513 g/mol. The molecule has 0 spiro atoms. The molecule has 1 aromatic heterocycles. The number of benzene rings is 3. The summed E-state index contributed by atoms with van der Waals surface area (Å²) in [5, 5.41) is 0.168. The Labute approximate surface area is 193 Å². The van der Waals surface area contributed by atoms with Crippen molar-refractivity contribution in [1.29, 1.82) is 0 Å². The van der Waals surface area contributed by atoms with E-state index in [0.717, 1.165) is 30.3 Å². The minimum absolute atomic E-state index is 0.0983. The molecule has 0 aliphatic heterocycles. The maximum absolute atomic E-state index is 13.1. The van der Waals surface area contributed by atoms with Crippen LogP contribution in [-0.4, -0.2) is 8.42 Å². The van der Waals surface area contributed by atoms with E-state index in [4.69, 9.17) is 4.42 Å². The van der Waals surface area contributed by atoms with Gasteiger partial charge in [-0.3, -0.25) is 4.72 Å². The first kappa shape index (κ1) is 24.3. The molecule has 0 saturated carbocycles. The van der Waals surface area contributed by atoms with Crippen molar-refractivity contribution in [2.45, 2.75) is 17.2 Å². The van der Waals surface area contributed by atoms with E-state index in [1.807, 2.05) is 4.72 Å². The van der Waals surface area contributed by atoms with Crippen LogP contribution in [-0.2, 0) is 22.4 Å². The van der Waals surface area contributed by atoms with Crippen LogP contribution in [0.5, 0.6) is 0 Å². The van der Waals surface area contributed by atoms with Crippen molar-refractivity contribution < 1.29 is 39.2 Å². The smallest absolute Gasteiger partial charge is 0.416 e. The van der Waals surface area contributed by atoms with Gasteiger partial charge in [-0.1, -0.05) is 36.4 Å². The molecule has 0 saturated heterocycles. The minimum atomic E-state index is -4.78. The number of fused-ring (bicyclic) bond motifs is 1. The zero-order valence-electron chi connectivity index (χ0n) is 17.2. The van der Waals surface area contributed by atoms with Crippen molar-refractivity contribution in [3.8, 4) is 11.1 Å². The Morgan fingerprint density at radius 1 is 0.743 bits per heavy atom. The highest BCUT2D eigenvalue weighted by atomic mass is 32.2. The molecule has 0 amide bonds. The Bertz CT molecular complexity index is 1590. The lowest BCUT2D eigenvalue weighted by Gasteiger charge is -2.12. The molecule has 0 radical (unpaired) electrons. The van der Waals surface area contributed by atoms with Gasteiger partial charge in [0.15, 0.2) is 0 Å². The Morgan fingerprint density at radius 3 is 2.00 bits per heavy atom. The van der Waals surface area contributed by atoms with Gasteiger partial charge in [0.05, 0.1) is 16.0 Å². The Balaban J connectivity index is 1.76. The van der Waals surface area contributed by atoms with Gasteiger partial charge < -0.3 is 4.42 Å². The summed E-state index contributed by atoms with van der Waals surface area (Å²) in [5.74, 6) is 0. The standard InChI is InChI=1S/C23H13F6NO4S/c24-22(25,26)15-6-1-4-13(10-15)18-9-2-5-14-11-19(21(31)34-20(14)18)30-35(32,33)17-8-3-7-16(12-17)23(27,28)29/h1-12,30H. The zero-order valence-corrected chi connectivity index (χ0v) is 18.1. The van der Waals surface area contributed by atoms with Crippen LogP contribution in [0.4, 0.5) is 32.0 Å². The third-order valence-electron chi connectivity index (χ3n) is 4.98. The number of hydrogen-bond acceptors (Lipinski definition) is 4. The second-order valence-corrected chi connectivity index (χ2v) is 9.06. The van der Waals surface area contributed by atoms with E-state index in [9.17, 15) is 39.6 Å². The molecule has 0 unspecified atom stereocenters. The molecule has 1 N–H and O–H groups in total. The highest BCUT2D eigenvalue weighted by Gasteiger charge is 2.32. The second-order valence-electron chi connectivity index (χ2n) is 7.38. The van der Waals surface area contributed by atoms with Gasteiger partial charge in [0.1, 0.15) is 11.3 Å². The molecule has 1 heterocycles. The Kier molecular flexibility index (Phi) is 5.87. The molecule has 0 bridgehead atoms. The van der Waals surface area contributed by atoms with E-state index < -0.39 is 49.7 Å². The van der Waals surface area contributed by atoms with Crippen molar-refractivity contribution in [3.05, 3.63) is 94.3 Å². The molecule has 0 fully saturated rings. The van der Waals surface area contributed by atoms with Crippen molar-refractivity contribution in [1.82, 2.24) is 0 Å². The van der Waals surface area contributed by atoms with E-state index >= 15 is 0 Å². The fourth-order valence-electron chi connectivity index (χ4n) is 3.35. The number of halogens is 6. The van der Waals surface area contributed by atoms with Gasteiger partial charge in [-0.15, -0.1) is 0 Å². The highest BCUT2D eigenvalue weighted by molar-refractivity contribution is 7.92. The van der Waals surface area contributed by atoms with E-state index in [1.165, 1.54) is 30.3 Å². The summed E-state index contributed by atoms with van der Waals surface area (Å²) in [4.78, 5) is 11.8. The van der Waals surface area contributed by atoms with E-state index in [-0.39, 0.29) is 22.1 Å². The van der Waals surface area contributed by atoms with Crippen LogP contribution in [0.2, 0.25) is 0 Å². The third-order valence-corrected chi connectivity index (χ3v) is 6.34. The van der Waals surface area contributed by atoms with Crippen LogP contribution in [0.15, 0.2) is 86.9 Å². The van der Waals surface area contributed by atoms with Crippen molar-refractivity contribution in [3.63, 3.8) is 0 Å². The number of sulfonamides is 1. The summed E-state index contributed by atoms with van der Waals surface area (Å²) in [5.41, 5.74) is -3.73. The van der Waals surface area contributed by atoms with E-state index in [2.05, 4.69) is 0 Å². The lowest BCUT2D eigenvalue weighted by molar-refractivity contribution is -0.138. The van der Waals surface area contributed by atoms with Crippen molar-refractivity contribution >= 4 is 26.7 Å². The van der Waals surface area contributed by atoms with Crippen LogP contribution in [0, 0.1) is 0 Å². The predicted molar refractivity (Wildman–Crippen MR) is 115 cm³/mol. The predicted octanol–water partition coefficient (Wildman–Crippen LogP) is 6.30. The Hall–Kier alpha value is -3.80. The van der Waals surface area contributed by atoms with Gasteiger partial charge in [-0.25, -0.2) is 13.2 Å². The van der Waals surface area contributed by atoms with Crippen molar-refractivity contribution in [2.75, 3.05) is 4.72 Å². The van der Waals surface area contributed by atoms with Gasteiger partial charge in [-0.05, 0) is 42.0 Å². The average Bonchev–Trinajstić information content (AvgIpc) is 2.78. The number of anilines is 1. The lowest BCUT2D eigenvalue weighted by Crippen LogP contribution is -2.19. The van der Waals surface area contributed by atoms with Crippen LogP contribution < -0.4 is 10.3 Å². The zero-order chi connectivity index (χ0) is 25.6. The summed E-state index contributed by atoms with van der Waals surface area (Å²) < 4.78 is 111. The highest BCUT2D eigenvalue weighted by Crippen LogP contribution is 2.35. The fourth-order valence-corrected chi connectivity index (χ4v) is 4.44. The van der Waals surface area contributed by atoms with Crippen molar-refractivity contribution in [2.24, 2.45) is 0 Å². The summed E-state index contributed by atoms with van der Waals surface area (Å²) in [6, 6.07) is 12.7. The van der Waals surface area contributed by atoms with E-state index in [1.54, 1.807) is 0 Å². The first-order valence-electron chi connectivity index (χ1n) is 9.70. The molecule has 4 rings (SSSR count). The normalized spacial score (nSPS) is 12.6. The first-order valence-corrected chi connectivity index (χ1v) is 11.2. The third kappa shape index (κ3) is 5.02. The van der Waals surface area contributed by atoms with Crippen LogP contribution in [0.1, 0.15) is 11.1 Å². The summed E-state index contributed by atoms with van der Waals surface area (Å²) in [6.07, 6.45) is -9.39. The Morgan fingerprint density at radius 2 is 1.34 bits per heavy atom. The number of para-hydroxylation sites is 1. The molecule has 182 valence electrons. The SMILES string of the molecule is O=c1oc2c(-c3cccc(C(F)(F)F)c3)cccc2cc1NS(=O)(=O)c1cccc(C(F)(F)F)c1. The van der Waals surface area contributed by atoms with Crippen LogP contribution in [0.25, 0.3) is 22.1 Å². The fraction of sp³-hybridized carbons (Fsp3) is 0.0870. The number of hydrogen-bond donors (Lipinski definition) is 1. The number of nitrogens with one attached hydrogen (secondary N) is 1. The topological polar surface area (TPSA) is 76.4 Å². The average molecular weight is 513 g/mol. The molecule has 12 heteroatoms. The van der Waals surface area contributed by atoms with Gasteiger partial charge in [0.2, 0.25) is 0 Å². The molecule has 35 heavy (non-hydrogen) atoms. The maximum atomic E-state index is 13.1. The summed E-state index contributed by atoms with van der Waals surface area (Å²) in [7, 11) is -4.61. The maximum Gasteiger partial charge on any atom is 0.416 e. The lowest BCUT2D eigenvalue weighted by atomic mass is 10.0. The number of alkyl halides is 6. The molecule has 4 aromatic rings. The van der Waals surface area contributed by atoms with E-state index in [0.29, 0.717) is 12.1 Å². The second kappa shape index (κ2) is 8.45. The van der Waals surface area contributed by atoms with Gasteiger partial charge in [0.25, 0.3) is 10.0 Å². The molecule has 0 atom stereocenters. The largest absolute Gasteiger partial charge is 0.421 e. The quantitative estimate of drug-likeness (QED) is 0.257. The molecule has 0 aliphatic carbocycles. The molecule has 5 nitrogen and oxygen atoms in total. The van der Waals surface area contributed by atoms with Gasteiger partial charge in [-0.2, -0.15) is 26.3 Å². The number of rotatable bonds is 4. The molecule has 3 aromatic carbocycles. The van der Waals surface area contributed by atoms with Crippen LogP contribution in [0.3, 0.4) is 0 Å².